The van der Waals surface area contributed by atoms with E-state index in [2.05, 4.69) is 0 Å². The van der Waals surface area contributed by atoms with E-state index in [1.54, 1.807) is 24.1 Å². The molecule has 1 aromatic heterocycles. The summed E-state index contributed by atoms with van der Waals surface area (Å²) in [7, 11) is -2.28. The lowest BCUT2D eigenvalue weighted by Gasteiger charge is -2.29. The molecule has 1 amide bonds. The van der Waals surface area contributed by atoms with E-state index in [9.17, 15) is 13.2 Å². The highest BCUT2D eigenvalue weighted by Crippen LogP contribution is 2.38. The molecule has 2 fully saturated rings. The summed E-state index contributed by atoms with van der Waals surface area (Å²) in [6.07, 6.45) is 2.70. The zero-order valence-corrected chi connectivity index (χ0v) is 22.5. The largest absolute Gasteiger partial charge is 0.494 e. The fourth-order valence-electron chi connectivity index (χ4n) is 4.83. The molecule has 0 spiro atoms. The average molecular weight is 550 g/mol. The van der Waals surface area contributed by atoms with Crippen LogP contribution in [0.2, 0.25) is 5.02 Å². The van der Waals surface area contributed by atoms with E-state index in [0.29, 0.717) is 47.4 Å². The summed E-state index contributed by atoms with van der Waals surface area (Å²) in [5.74, 6) is 0.353. The van der Waals surface area contributed by atoms with E-state index in [4.69, 9.17) is 26.1 Å². The number of thiazole rings is 1. The Morgan fingerprint density at radius 2 is 2.00 bits per heavy atom. The van der Waals surface area contributed by atoms with Crippen LogP contribution in [0.5, 0.6) is 5.75 Å². The van der Waals surface area contributed by atoms with Gasteiger partial charge >= 0.3 is 0 Å². The maximum absolute atomic E-state index is 14.1. The summed E-state index contributed by atoms with van der Waals surface area (Å²) >= 11 is 7.38. The highest BCUT2D eigenvalue weighted by atomic mass is 35.5. The lowest BCUT2D eigenvalue weighted by atomic mass is 10.2. The van der Waals surface area contributed by atoms with Crippen molar-refractivity contribution in [3.63, 3.8) is 0 Å². The molecule has 5 rings (SSSR count). The van der Waals surface area contributed by atoms with Gasteiger partial charge in [-0.05, 0) is 68.5 Å². The molecule has 0 aliphatic carbocycles. The lowest BCUT2D eigenvalue weighted by Crippen LogP contribution is -2.49. The molecule has 11 heteroatoms. The SMILES string of the molecule is COc1ccc(C)c2sc(N(CC3CCCO3)C(=O)C3CCCN3S(=O)(=O)c3ccc(Cl)cc3)nc12. The molecule has 3 aromatic rings. The summed E-state index contributed by atoms with van der Waals surface area (Å²) in [4.78, 5) is 20.6. The summed E-state index contributed by atoms with van der Waals surface area (Å²) < 4.78 is 40.6. The molecule has 192 valence electrons. The quantitative estimate of drug-likeness (QED) is 0.427. The van der Waals surface area contributed by atoms with E-state index >= 15 is 0 Å². The highest BCUT2D eigenvalue weighted by Gasteiger charge is 2.42. The van der Waals surface area contributed by atoms with Gasteiger partial charge in [0.2, 0.25) is 15.9 Å². The number of fused-ring (bicyclic) bond motifs is 1. The first kappa shape index (κ1) is 25.4. The van der Waals surface area contributed by atoms with Crippen LogP contribution >= 0.6 is 22.9 Å². The van der Waals surface area contributed by atoms with Crippen molar-refractivity contribution in [2.75, 3.05) is 31.7 Å². The predicted octanol–water partition coefficient (Wildman–Crippen LogP) is 4.63. The van der Waals surface area contributed by atoms with Gasteiger partial charge < -0.3 is 9.47 Å². The number of hydrogen-bond acceptors (Lipinski definition) is 7. The molecule has 2 saturated heterocycles. The van der Waals surface area contributed by atoms with E-state index in [-0.39, 0.29) is 23.5 Å². The Morgan fingerprint density at radius 1 is 1.22 bits per heavy atom. The monoisotopic (exact) mass is 549 g/mol. The average Bonchev–Trinajstić information content (AvgIpc) is 3.64. The molecule has 0 radical (unpaired) electrons. The van der Waals surface area contributed by atoms with Gasteiger partial charge in [-0.2, -0.15) is 4.31 Å². The number of aromatic nitrogens is 1. The fourth-order valence-corrected chi connectivity index (χ4v) is 7.67. The molecular weight excluding hydrogens is 522 g/mol. The molecule has 0 bridgehead atoms. The van der Waals surface area contributed by atoms with Crippen LogP contribution in [-0.2, 0) is 19.6 Å². The van der Waals surface area contributed by atoms with Gasteiger partial charge in [0, 0.05) is 18.2 Å². The van der Waals surface area contributed by atoms with Crippen molar-refractivity contribution in [2.45, 2.75) is 49.6 Å². The molecular formula is C25H28ClN3O5S2. The molecule has 0 N–H and O–H groups in total. The Balaban J connectivity index is 1.52. The molecule has 2 aromatic carbocycles. The number of anilines is 1. The first-order chi connectivity index (χ1) is 17.3. The summed E-state index contributed by atoms with van der Waals surface area (Å²) in [6.45, 7) is 3.25. The highest BCUT2D eigenvalue weighted by molar-refractivity contribution is 7.89. The minimum Gasteiger partial charge on any atom is -0.494 e. The number of methoxy groups -OCH3 is 1. The number of hydrogen-bond donors (Lipinski definition) is 0. The van der Waals surface area contributed by atoms with Crippen LogP contribution < -0.4 is 9.64 Å². The maximum atomic E-state index is 14.1. The zero-order valence-electron chi connectivity index (χ0n) is 20.1. The van der Waals surface area contributed by atoms with Gasteiger partial charge in [0.05, 0.1) is 29.4 Å². The minimum absolute atomic E-state index is 0.119. The van der Waals surface area contributed by atoms with Gasteiger partial charge in [-0.25, -0.2) is 13.4 Å². The number of halogens is 1. The van der Waals surface area contributed by atoms with Gasteiger partial charge in [0.25, 0.3) is 0 Å². The summed E-state index contributed by atoms with van der Waals surface area (Å²) in [6, 6.07) is 9.05. The first-order valence-corrected chi connectivity index (χ1v) is 14.6. The van der Waals surface area contributed by atoms with E-state index in [0.717, 1.165) is 23.1 Å². The van der Waals surface area contributed by atoms with Crippen LogP contribution in [0.1, 0.15) is 31.2 Å². The second-order valence-corrected chi connectivity index (χ2v) is 12.4. The minimum atomic E-state index is -3.88. The second kappa shape index (κ2) is 10.3. The molecule has 2 aliphatic rings. The number of carbonyl (C=O) groups excluding carboxylic acids is 1. The third kappa shape index (κ3) is 4.72. The molecule has 8 nitrogen and oxygen atoms in total. The van der Waals surface area contributed by atoms with Crippen LogP contribution in [0.25, 0.3) is 10.2 Å². The number of carbonyl (C=O) groups is 1. The lowest BCUT2D eigenvalue weighted by molar-refractivity contribution is -0.122. The Bertz CT molecular complexity index is 1370. The van der Waals surface area contributed by atoms with Crippen molar-refractivity contribution >= 4 is 54.2 Å². The topological polar surface area (TPSA) is 89.0 Å². The second-order valence-electron chi connectivity index (χ2n) is 9.07. The molecule has 2 unspecified atom stereocenters. The standard InChI is InChI=1S/C25H28ClN3O5S2/c1-16-7-12-21(33-2)22-23(16)35-25(27-22)28(15-18-5-4-14-34-18)24(30)20-6-3-13-29(20)36(31,32)19-10-8-17(26)9-11-19/h7-12,18,20H,3-6,13-15H2,1-2H3. The third-order valence-electron chi connectivity index (χ3n) is 6.73. The van der Waals surface area contributed by atoms with E-state index in [1.165, 1.54) is 27.8 Å². The fraction of sp³-hybridized carbons (Fsp3) is 0.440. The van der Waals surface area contributed by atoms with Crippen LogP contribution in [0, 0.1) is 6.92 Å². The van der Waals surface area contributed by atoms with Crippen molar-refractivity contribution in [2.24, 2.45) is 0 Å². The number of nitrogens with zero attached hydrogens (tertiary/aromatic N) is 3. The Kier molecular flexibility index (Phi) is 7.24. The van der Waals surface area contributed by atoms with Crippen molar-refractivity contribution in [3.05, 3.63) is 47.0 Å². The Labute approximate surface area is 219 Å². The number of benzene rings is 2. The molecule has 0 saturated carbocycles. The normalized spacial score (nSPS) is 20.8. The Morgan fingerprint density at radius 3 is 2.69 bits per heavy atom. The van der Waals surface area contributed by atoms with Crippen molar-refractivity contribution in [1.29, 1.82) is 0 Å². The van der Waals surface area contributed by atoms with Crippen molar-refractivity contribution in [3.8, 4) is 5.75 Å². The molecule has 2 atom stereocenters. The first-order valence-electron chi connectivity index (χ1n) is 11.9. The van der Waals surface area contributed by atoms with Gasteiger partial charge in [0.1, 0.15) is 17.3 Å². The smallest absolute Gasteiger partial charge is 0.247 e. The van der Waals surface area contributed by atoms with Crippen LogP contribution in [0.15, 0.2) is 41.3 Å². The Hall–Kier alpha value is -2.24. The van der Waals surface area contributed by atoms with Gasteiger partial charge in [-0.1, -0.05) is 29.0 Å². The van der Waals surface area contributed by atoms with Crippen LogP contribution in [0.4, 0.5) is 5.13 Å². The number of amides is 1. The number of rotatable bonds is 7. The van der Waals surface area contributed by atoms with Crippen molar-refractivity contribution in [1.82, 2.24) is 9.29 Å². The zero-order chi connectivity index (χ0) is 25.4. The number of aryl methyl sites for hydroxylation is 1. The molecule has 3 heterocycles. The molecule has 36 heavy (non-hydrogen) atoms. The molecule has 2 aliphatic heterocycles. The summed E-state index contributed by atoms with van der Waals surface area (Å²) in [5.41, 5.74) is 1.73. The predicted molar refractivity (Wildman–Crippen MR) is 141 cm³/mol. The maximum Gasteiger partial charge on any atom is 0.247 e. The van der Waals surface area contributed by atoms with Crippen LogP contribution in [-0.4, -0.2) is 62.6 Å². The number of sulfonamides is 1. The van der Waals surface area contributed by atoms with Gasteiger partial charge in [0.15, 0.2) is 5.13 Å². The number of ether oxygens (including phenoxy) is 2. The summed E-state index contributed by atoms with van der Waals surface area (Å²) in [5, 5.41) is 0.973. The third-order valence-corrected chi connectivity index (χ3v) is 10.1. The van der Waals surface area contributed by atoms with Crippen LogP contribution in [0.3, 0.4) is 0 Å². The van der Waals surface area contributed by atoms with Gasteiger partial charge in [-0.15, -0.1) is 0 Å². The van der Waals surface area contributed by atoms with E-state index < -0.39 is 16.1 Å². The van der Waals surface area contributed by atoms with Gasteiger partial charge in [-0.3, -0.25) is 9.69 Å². The van der Waals surface area contributed by atoms with Crippen molar-refractivity contribution < 1.29 is 22.7 Å². The van der Waals surface area contributed by atoms with E-state index in [1.807, 2.05) is 19.1 Å².